The highest BCUT2D eigenvalue weighted by atomic mass is 16.5. The second-order valence-electron chi connectivity index (χ2n) is 6.27. The number of carbonyl (C=O) groups is 3. The fraction of sp³-hybridized carbons (Fsp3) is 0.278. The molecule has 128 valence electrons. The third-order valence-electron chi connectivity index (χ3n) is 5.07. The Morgan fingerprint density at radius 2 is 1.88 bits per heavy atom. The molecule has 25 heavy (non-hydrogen) atoms. The lowest BCUT2D eigenvalue weighted by atomic mass is 9.92. The van der Waals surface area contributed by atoms with Crippen molar-refractivity contribution >= 4 is 34.2 Å². The number of nitrogens with one attached hydrogen (secondary N) is 1. The summed E-state index contributed by atoms with van der Waals surface area (Å²) in [4.78, 5) is 37.6. The molecule has 2 heterocycles. The number of benzene rings is 2. The van der Waals surface area contributed by atoms with Gasteiger partial charge < -0.3 is 10.5 Å². The highest BCUT2D eigenvalue weighted by Crippen LogP contribution is 2.37. The topological polar surface area (TPSA) is 98.5 Å². The SMILES string of the molecule is NCC(=O)[N+]1(c2ccc3cccc4c3c2C(=O)NC4=O)CCOCC1. The zero-order chi connectivity index (χ0) is 17.6. The van der Waals surface area contributed by atoms with Gasteiger partial charge in [0.25, 0.3) is 11.8 Å². The number of carbonyl (C=O) groups excluding carboxylic acids is 3. The first-order valence-electron chi connectivity index (χ1n) is 8.19. The Kier molecular flexibility index (Phi) is 3.64. The van der Waals surface area contributed by atoms with E-state index in [2.05, 4.69) is 5.32 Å². The molecule has 7 heteroatoms. The smallest absolute Gasteiger partial charge is 0.332 e. The fourth-order valence-electron chi connectivity index (χ4n) is 3.83. The molecule has 0 radical (unpaired) electrons. The van der Waals surface area contributed by atoms with Gasteiger partial charge in [0.15, 0.2) is 5.69 Å². The predicted molar refractivity (Wildman–Crippen MR) is 92.2 cm³/mol. The van der Waals surface area contributed by atoms with Crippen LogP contribution in [0.15, 0.2) is 30.3 Å². The Morgan fingerprint density at radius 3 is 2.60 bits per heavy atom. The Bertz CT molecular complexity index is 916. The lowest BCUT2D eigenvalue weighted by Crippen LogP contribution is -2.62. The third kappa shape index (κ3) is 2.21. The molecule has 0 saturated carbocycles. The van der Waals surface area contributed by atoms with Crippen LogP contribution in [-0.2, 0) is 9.53 Å². The molecule has 0 aromatic heterocycles. The van der Waals surface area contributed by atoms with Crippen molar-refractivity contribution in [3.63, 3.8) is 0 Å². The van der Waals surface area contributed by atoms with E-state index in [9.17, 15) is 14.4 Å². The summed E-state index contributed by atoms with van der Waals surface area (Å²) in [5.41, 5.74) is 7.09. The van der Waals surface area contributed by atoms with Crippen molar-refractivity contribution in [1.82, 2.24) is 9.80 Å². The maximum absolute atomic E-state index is 12.8. The summed E-state index contributed by atoms with van der Waals surface area (Å²) < 4.78 is 5.39. The molecule has 3 amide bonds. The van der Waals surface area contributed by atoms with Crippen LogP contribution in [0, 0.1) is 0 Å². The van der Waals surface area contributed by atoms with Crippen molar-refractivity contribution < 1.29 is 19.1 Å². The maximum Gasteiger partial charge on any atom is 0.332 e. The molecular formula is C18H18N3O4+. The van der Waals surface area contributed by atoms with Gasteiger partial charge in [-0.3, -0.25) is 14.9 Å². The summed E-state index contributed by atoms with van der Waals surface area (Å²) in [5.74, 6) is -1.06. The number of hydrogen-bond donors (Lipinski definition) is 2. The molecule has 4 rings (SSSR count). The van der Waals surface area contributed by atoms with E-state index in [0.29, 0.717) is 48.5 Å². The van der Waals surface area contributed by atoms with Crippen LogP contribution in [0.4, 0.5) is 5.69 Å². The summed E-state index contributed by atoms with van der Waals surface area (Å²) in [6.07, 6.45) is 0. The lowest BCUT2D eigenvalue weighted by Gasteiger charge is -2.39. The zero-order valence-electron chi connectivity index (χ0n) is 13.6. The zero-order valence-corrected chi connectivity index (χ0v) is 13.6. The van der Waals surface area contributed by atoms with E-state index < -0.39 is 11.8 Å². The molecule has 3 N–H and O–H groups in total. The van der Waals surface area contributed by atoms with Crippen molar-refractivity contribution in [2.75, 3.05) is 32.8 Å². The molecule has 1 fully saturated rings. The average Bonchev–Trinajstić information content (AvgIpc) is 2.65. The minimum atomic E-state index is -0.474. The number of nitrogens with two attached hydrogens (primary N) is 1. The standard InChI is InChI=1S/C18H17N3O4/c19-10-14(22)21(6-8-25-9-7-21)13-5-4-11-2-1-3-12-15(11)16(13)18(24)20-17(12)23/h1-5H,6-10,19H2/p+1. The van der Waals surface area contributed by atoms with Crippen molar-refractivity contribution in [2.24, 2.45) is 5.73 Å². The minimum Gasteiger partial charge on any atom is -0.370 e. The minimum absolute atomic E-state index is 0.0300. The fourth-order valence-corrected chi connectivity index (χ4v) is 3.83. The first-order chi connectivity index (χ1) is 12.1. The van der Waals surface area contributed by atoms with Crippen molar-refractivity contribution in [3.05, 3.63) is 41.5 Å². The largest absolute Gasteiger partial charge is 0.370 e. The first kappa shape index (κ1) is 15.9. The van der Waals surface area contributed by atoms with Gasteiger partial charge in [-0.1, -0.05) is 12.1 Å². The molecule has 0 atom stereocenters. The summed E-state index contributed by atoms with van der Waals surface area (Å²) in [7, 11) is 0. The van der Waals surface area contributed by atoms with Gasteiger partial charge in [-0.2, -0.15) is 0 Å². The number of ether oxygens (including phenoxy) is 1. The van der Waals surface area contributed by atoms with Gasteiger partial charge >= 0.3 is 5.91 Å². The maximum atomic E-state index is 12.8. The van der Waals surface area contributed by atoms with E-state index in [1.54, 1.807) is 18.2 Å². The number of imide groups is 1. The number of nitrogens with zero attached hydrogens (tertiary/aromatic N) is 1. The normalized spacial score (nSPS) is 18.9. The quantitative estimate of drug-likeness (QED) is 0.614. The van der Waals surface area contributed by atoms with Gasteiger partial charge in [0.05, 0.1) is 13.2 Å². The van der Waals surface area contributed by atoms with Crippen LogP contribution in [0.1, 0.15) is 20.7 Å². The van der Waals surface area contributed by atoms with Crippen LogP contribution in [0.3, 0.4) is 0 Å². The predicted octanol–water partition coefficient (Wildman–Crippen LogP) is 0.546. The van der Waals surface area contributed by atoms with Crippen LogP contribution in [0.5, 0.6) is 0 Å². The van der Waals surface area contributed by atoms with Crippen LogP contribution in [0.25, 0.3) is 10.8 Å². The molecule has 2 aliphatic heterocycles. The Labute approximate surface area is 143 Å². The van der Waals surface area contributed by atoms with Crippen molar-refractivity contribution in [2.45, 2.75) is 0 Å². The van der Waals surface area contributed by atoms with E-state index in [1.165, 1.54) is 0 Å². The molecule has 7 nitrogen and oxygen atoms in total. The van der Waals surface area contributed by atoms with Crippen LogP contribution in [0.2, 0.25) is 0 Å². The number of quaternary nitrogens is 1. The summed E-state index contributed by atoms with van der Waals surface area (Å²) in [5, 5.41) is 3.78. The second kappa shape index (κ2) is 5.73. The number of morpholine rings is 1. The van der Waals surface area contributed by atoms with Crippen LogP contribution >= 0.6 is 0 Å². The van der Waals surface area contributed by atoms with Crippen LogP contribution in [-0.4, -0.2) is 50.6 Å². The van der Waals surface area contributed by atoms with E-state index in [0.717, 1.165) is 5.39 Å². The highest BCUT2D eigenvalue weighted by molar-refractivity contribution is 6.28. The van der Waals surface area contributed by atoms with Gasteiger partial charge in [0.2, 0.25) is 0 Å². The molecule has 2 aromatic rings. The number of amides is 3. The highest BCUT2D eigenvalue weighted by Gasteiger charge is 2.44. The van der Waals surface area contributed by atoms with Gasteiger partial charge in [-0.05, 0) is 17.5 Å². The summed E-state index contributed by atoms with van der Waals surface area (Å²) in [6, 6.07) is 8.97. The van der Waals surface area contributed by atoms with Gasteiger partial charge in [0, 0.05) is 17.0 Å². The lowest BCUT2D eigenvalue weighted by molar-refractivity contribution is -0.132. The van der Waals surface area contributed by atoms with E-state index in [4.69, 9.17) is 10.5 Å². The molecule has 0 bridgehead atoms. The second-order valence-corrected chi connectivity index (χ2v) is 6.27. The van der Waals surface area contributed by atoms with Gasteiger partial charge in [0.1, 0.15) is 25.2 Å². The Balaban J connectivity index is 2.06. The molecule has 1 saturated heterocycles. The third-order valence-corrected chi connectivity index (χ3v) is 5.07. The van der Waals surface area contributed by atoms with Gasteiger partial charge in [-0.25, -0.2) is 9.28 Å². The molecule has 0 unspecified atom stereocenters. The number of rotatable bonds is 2. The number of hydrogen-bond acceptors (Lipinski definition) is 5. The van der Waals surface area contributed by atoms with E-state index in [-0.39, 0.29) is 16.9 Å². The summed E-state index contributed by atoms with van der Waals surface area (Å²) in [6.45, 7) is 1.52. The molecule has 0 spiro atoms. The Morgan fingerprint density at radius 1 is 1.12 bits per heavy atom. The van der Waals surface area contributed by atoms with Crippen molar-refractivity contribution in [3.8, 4) is 0 Å². The molecule has 2 aromatic carbocycles. The van der Waals surface area contributed by atoms with Crippen LogP contribution < -0.4 is 15.5 Å². The first-order valence-corrected chi connectivity index (χ1v) is 8.19. The Hall–Kier alpha value is -2.61. The monoisotopic (exact) mass is 340 g/mol. The average molecular weight is 340 g/mol. The molecule has 0 aliphatic carbocycles. The molecule has 2 aliphatic rings. The van der Waals surface area contributed by atoms with E-state index in [1.807, 2.05) is 12.1 Å². The van der Waals surface area contributed by atoms with Gasteiger partial charge in [-0.15, -0.1) is 0 Å². The van der Waals surface area contributed by atoms with Crippen molar-refractivity contribution in [1.29, 1.82) is 0 Å². The molecular weight excluding hydrogens is 322 g/mol. The summed E-state index contributed by atoms with van der Waals surface area (Å²) >= 11 is 0. The van der Waals surface area contributed by atoms with E-state index >= 15 is 0 Å².